The van der Waals surface area contributed by atoms with Crippen LogP contribution >= 0.6 is 11.3 Å². The van der Waals surface area contributed by atoms with Crippen molar-refractivity contribution in [2.45, 2.75) is 52.1 Å². The standard InChI is InChI=1S/C17H30N2S/c1-14(2)12-16-7-8-17(20-16)13-19-10-5-6-15(9-11-19)18(3)4/h7-8,14-15H,5-6,9-13H2,1-4H3. The van der Waals surface area contributed by atoms with Gasteiger partial charge in [-0.1, -0.05) is 13.8 Å². The topological polar surface area (TPSA) is 6.48 Å². The zero-order chi connectivity index (χ0) is 14.5. The van der Waals surface area contributed by atoms with E-state index in [-0.39, 0.29) is 0 Å². The van der Waals surface area contributed by atoms with E-state index in [2.05, 4.69) is 49.9 Å². The van der Waals surface area contributed by atoms with Crippen LogP contribution in [0, 0.1) is 5.92 Å². The third kappa shape index (κ3) is 4.87. The molecule has 2 nitrogen and oxygen atoms in total. The van der Waals surface area contributed by atoms with Crippen molar-refractivity contribution in [3.63, 3.8) is 0 Å². The maximum absolute atomic E-state index is 2.65. The molecule has 1 unspecified atom stereocenters. The summed E-state index contributed by atoms with van der Waals surface area (Å²) in [7, 11) is 4.44. The van der Waals surface area contributed by atoms with E-state index in [4.69, 9.17) is 0 Å². The summed E-state index contributed by atoms with van der Waals surface area (Å²) in [6, 6.07) is 5.46. The van der Waals surface area contributed by atoms with Gasteiger partial charge in [0.1, 0.15) is 0 Å². The Hall–Kier alpha value is -0.380. The average molecular weight is 295 g/mol. The summed E-state index contributed by atoms with van der Waals surface area (Å²) in [5, 5.41) is 0. The smallest absolute Gasteiger partial charge is 0.0328 e. The lowest BCUT2D eigenvalue weighted by atomic mass is 10.1. The van der Waals surface area contributed by atoms with Crippen LogP contribution in [0.5, 0.6) is 0 Å². The summed E-state index contributed by atoms with van der Waals surface area (Å²) in [4.78, 5) is 8.14. The van der Waals surface area contributed by atoms with Crippen molar-refractivity contribution in [3.05, 3.63) is 21.9 Å². The van der Waals surface area contributed by atoms with Gasteiger partial charge in [0.05, 0.1) is 0 Å². The van der Waals surface area contributed by atoms with Crippen LogP contribution in [0.1, 0.15) is 42.9 Å². The monoisotopic (exact) mass is 294 g/mol. The van der Waals surface area contributed by atoms with Crippen molar-refractivity contribution in [1.29, 1.82) is 0 Å². The molecule has 0 N–H and O–H groups in total. The van der Waals surface area contributed by atoms with E-state index in [1.54, 1.807) is 9.75 Å². The molecule has 0 spiro atoms. The molecule has 0 amide bonds. The highest BCUT2D eigenvalue weighted by molar-refractivity contribution is 7.11. The van der Waals surface area contributed by atoms with Crippen LogP contribution in [0.2, 0.25) is 0 Å². The summed E-state index contributed by atoms with van der Waals surface area (Å²) in [6.07, 6.45) is 5.24. The van der Waals surface area contributed by atoms with E-state index in [1.807, 2.05) is 11.3 Å². The average Bonchev–Trinajstić information content (AvgIpc) is 2.65. The summed E-state index contributed by atoms with van der Waals surface area (Å²) >= 11 is 2.02. The van der Waals surface area contributed by atoms with E-state index < -0.39 is 0 Å². The van der Waals surface area contributed by atoms with E-state index in [1.165, 1.54) is 38.8 Å². The highest BCUT2D eigenvalue weighted by atomic mass is 32.1. The molecule has 114 valence electrons. The van der Waals surface area contributed by atoms with Gasteiger partial charge in [-0.15, -0.1) is 11.3 Å². The molecule has 0 saturated carbocycles. The minimum absolute atomic E-state index is 0.764. The number of thiophene rings is 1. The Kier molecular flexibility index (Phi) is 6.06. The second-order valence-electron chi connectivity index (χ2n) is 6.79. The second kappa shape index (κ2) is 7.58. The van der Waals surface area contributed by atoms with Gasteiger partial charge in [0, 0.05) is 28.9 Å². The minimum atomic E-state index is 0.764. The molecule has 3 heteroatoms. The zero-order valence-corrected chi connectivity index (χ0v) is 14.4. The van der Waals surface area contributed by atoms with E-state index in [9.17, 15) is 0 Å². The van der Waals surface area contributed by atoms with Crippen molar-refractivity contribution < 1.29 is 0 Å². The van der Waals surface area contributed by atoms with Gasteiger partial charge in [-0.3, -0.25) is 4.90 Å². The van der Waals surface area contributed by atoms with Crippen LogP contribution < -0.4 is 0 Å². The molecule has 0 aromatic carbocycles. The van der Waals surface area contributed by atoms with Gasteiger partial charge in [0.25, 0.3) is 0 Å². The molecule has 2 rings (SSSR count). The van der Waals surface area contributed by atoms with Crippen molar-refractivity contribution >= 4 is 11.3 Å². The number of likely N-dealkylation sites (tertiary alicyclic amines) is 1. The summed E-state index contributed by atoms with van der Waals surface area (Å²) < 4.78 is 0. The van der Waals surface area contributed by atoms with Crippen molar-refractivity contribution in [2.75, 3.05) is 27.2 Å². The molecule has 1 aromatic heterocycles. The lowest BCUT2D eigenvalue weighted by Crippen LogP contribution is -2.29. The summed E-state index contributed by atoms with van der Waals surface area (Å²) in [6.45, 7) is 8.27. The van der Waals surface area contributed by atoms with Crippen LogP contribution in [0.25, 0.3) is 0 Å². The van der Waals surface area contributed by atoms with Gasteiger partial charge in [0.15, 0.2) is 0 Å². The molecule has 1 aromatic rings. The van der Waals surface area contributed by atoms with E-state index in [0.29, 0.717) is 0 Å². The van der Waals surface area contributed by atoms with Gasteiger partial charge >= 0.3 is 0 Å². The second-order valence-corrected chi connectivity index (χ2v) is 8.04. The Morgan fingerprint density at radius 2 is 1.95 bits per heavy atom. The lowest BCUT2D eigenvalue weighted by molar-refractivity contribution is 0.246. The number of hydrogen-bond acceptors (Lipinski definition) is 3. The molecule has 0 bridgehead atoms. The van der Waals surface area contributed by atoms with Gasteiger partial charge in [0.2, 0.25) is 0 Å². The highest BCUT2D eigenvalue weighted by Crippen LogP contribution is 2.23. The molecule has 0 radical (unpaired) electrons. The van der Waals surface area contributed by atoms with Gasteiger partial charge in [-0.2, -0.15) is 0 Å². The van der Waals surface area contributed by atoms with Crippen LogP contribution in [0.4, 0.5) is 0 Å². The largest absolute Gasteiger partial charge is 0.306 e. The Morgan fingerprint density at radius 3 is 2.65 bits per heavy atom. The normalized spacial score (nSPS) is 21.6. The van der Waals surface area contributed by atoms with Gasteiger partial charge in [-0.05, 0) is 64.4 Å². The molecule has 1 aliphatic rings. The number of nitrogens with zero attached hydrogens (tertiary/aromatic N) is 2. The number of hydrogen-bond donors (Lipinski definition) is 0. The first kappa shape index (κ1) is 16.0. The minimum Gasteiger partial charge on any atom is -0.306 e. The molecule has 1 aliphatic heterocycles. The fourth-order valence-corrected chi connectivity index (χ4v) is 4.33. The Morgan fingerprint density at radius 1 is 1.20 bits per heavy atom. The molecule has 0 aliphatic carbocycles. The fraction of sp³-hybridized carbons (Fsp3) is 0.765. The highest BCUT2D eigenvalue weighted by Gasteiger charge is 2.18. The molecule has 2 heterocycles. The SMILES string of the molecule is CC(C)Cc1ccc(CN2CCCC(N(C)C)CC2)s1. The summed E-state index contributed by atoms with van der Waals surface area (Å²) in [5.41, 5.74) is 0. The predicted molar refractivity (Wildman–Crippen MR) is 89.5 cm³/mol. The van der Waals surface area contributed by atoms with Gasteiger partial charge < -0.3 is 4.90 Å². The van der Waals surface area contributed by atoms with E-state index in [0.717, 1.165) is 18.5 Å². The molecule has 1 saturated heterocycles. The molecule has 1 atom stereocenters. The first-order valence-corrected chi connectivity index (χ1v) is 8.82. The van der Waals surface area contributed by atoms with E-state index >= 15 is 0 Å². The lowest BCUT2D eigenvalue weighted by Gasteiger charge is -2.23. The first-order chi connectivity index (χ1) is 9.54. The first-order valence-electron chi connectivity index (χ1n) is 8.01. The molecule has 20 heavy (non-hydrogen) atoms. The molecular weight excluding hydrogens is 264 g/mol. The van der Waals surface area contributed by atoms with Crippen LogP contribution in [-0.2, 0) is 13.0 Å². The quantitative estimate of drug-likeness (QED) is 0.813. The maximum Gasteiger partial charge on any atom is 0.0328 e. The predicted octanol–water partition coefficient (Wildman–Crippen LogP) is 3.86. The van der Waals surface area contributed by atoms with Crippen LogP contribution in [0.15, 0.2) is 12.1 Å². The Bertz CT molecular complexity index is 397. The van der Waals surface area contributed by atoms with Crippen LogP contribution in [0.3, 0.4) is 0 Å². The van der Waals surface area contributed by atoms with Crippen molar-refractivity contribution in [1.82, 2.24) is 9.80 Å². The van der Waals surface area contributed by atoms with Crippen molar-refractivity contribution in [2.24, 2.45) is 5.92 Å². The maximum atomic E-state index is 2.65. The Balaban J connectivity index is 1.85. The molecule has 1 fully saturated rings. The van der Waals surface area contributed by atoms with Crippen LogP contribution in [-0.4, -0.2) is 43.0 Å². The third-order valence-electron chi connectivity index (χ3n) is 4.23. The fourth-order valence-electron chi connectivity index (χ4n) is 3.05. The number of rotatable bonds is 5. The summed E-state index contributed by atoms with van der Waals surface area (Å²) in [5.74, 6) is 0.764. The zero-order valence-electron chi connectivity index (χ0n) is 13.6. The Labute approximate surface area is 128 Å². The molecular formula is C17H30N2S. The van der Waals surface area contributed by atoms with Crippen molar-refractivity contribution in [3.8, 4) is 0 Å². The van der Waals surface area contributed by atoms with Gasteiger partial charge in [-0.25, -0.2) is 0 Å². The third-order valence-corrected chi connectivity index (χ3v) is 5.32.